The molecule has 214 valence electrons. The molecule has 1 aliphatic carbocycles. The molecule has 1 aromatic heterocycles. The van der Waals surface area contributed by atoms with Gasteiger partial charge in [0.05, 0.1) is 16.7 Å². The molecule has 9 rings (SSSR count). The van der Waals surface area contributed by atoms with Gasteiger partial charge in [0.15, 0.2) is 0 Å². The Kier molecular flexibility index (Phi) is 6.13. The summed E-state index contributed by atoms with van der Waals surface area (Å²) in [5, 5.41) is 7.91. The lowest BCUT2D eigenvalue weighted by Gasteiger charge is -2.34. The summed E-state index contributed by atoms with van der Waals surface area (Å²) < 4.78 is 2.51. The van der Waals surface area contributed by atoms with Gasteiger partial charge in [-0.15, -0.1) is 0 Å². The molecule has 0 saturated carbocycles. The fourth-order valence-corrected chi connectivity index (χ4v) is 7.87. The molecule has 0 amide bonds. The number of para-hydroxylation sites is 2. The molecule has 0 N–H and O–H groups in total. The van der Waals surface area contributed by atoms with Crippen LogP contribution in [0.5, 0.6) is 0 Å². The van der Waals surface area contributed by atoms with E-state index < -0.39 is 0 Å². The standard InChI is InChI=1S/C41H31N.C2H6/c1-41(2)34-20-10-11-22-37(34)42-36-24-23-27(25-33(36)32-19-12-21-35(41)40(32)42)39-30-17-8-6-15-28(30)38(26-13-4-3-5-14-26)29-16-7-9-18-31(29)39;1-2/h4,6-25H,3,5H2,1-2H3;1-2H3. The van der Waals surface area contributed by atoms with E-state index >= 15 is 0 Å². The molecule has 1 nitrogen and oxygen atoms in total. The zero-order valence-electron chi connectivity index (χ0n) is 26.0. The van der Waals surface area contributed by atoms with Crippen molar-refractivity contribution in [1.29, 1.82) is 0 Å². The molecule has 44 heavy (non-hydrogen) atoms. The Bertz CT molecular complexity index is 2260. The van der Waals surface area contributed by atoms with Crippen LogP contribution >= 0.6 is 0 Å². The molecule has 0 unspecified atom stereocenters. The third kappa shape index (κ3) is 3.65. The van der Waals surface area contributed by atoms with Crippen LogP contribution in [-0.2, 0) is 5.41 Å². The van der Waals surface area contributed by atoms with Crippen LogP contribution in [0.1, 0.15) is 57.2 Å². The van der Waals surface area contributed by atoms with Crippen molar-refractivity contribution < 1.29 is 0 Å². The lowest BCUT2D eigenvalue weighted by molar-refractivity contribution is 0.630. The second-order valence-electron chi connectivity index (χ2n) is 12.4. The van der Waals surface area contributed by atoms with E-state index in [9.17, 15) is 0 Å². The van der Waals surface area contributed by atoms with Crippen molar-refractivity contribution in [1.82, 2.24) is 4.57 Å². The molecule has 2 heterocycles. The van der Waals surface area contributed by atoms with Gasteiger partial charge in [0.1, 0.15) is 0 Å². The van der Waals surface area contributed by atoms with E-state index in [-0.39, 0.29) is 5.41 Å². The van der Waals surface area contributed by atoms with Crippen molar-refractivity contribution in [2.45, 2.75) is 46.0 Å². The van der Waals surface area contributed by atoms with Crippen LogP contribution in [0.15, 0.2) is 127 Å². The maximum absolute atomic E-state index is 2.51. The molecule has 1 heteroatoms. The number of nitrogens with zero attached hydrogens (tertiary/aromatic N) is 1. The van der Waals surface area contributed by atoms with Gasteiger partial charge in [0, 0.05) is 16.2 Å². The quantitative estimate of drug-likeness (QED) is 0.183. The first-order valence-corrected chi connectivity index (χ1v) is 16.1. The predicted molar refractivity (Wildman–Crippen MR) is 191 cm³/mol. The molecule has 0 spiro atoms. The highest BCUT2D eigenvalue weighted by Crippen LogP contribution is 2.49. The molecule has 0 atom stereocenters. The average molecular weight is 568 g/mol. The van der Waals surface area contributed by atoms with Gasteiger partial charge in [-0.2, -0.15) is 0 Å². The normalized spacial score (nSPS) is 14.9. The topological polar surface area (TPSA) is 4.93 Å². The Balaban J connectivity index is 0.00000142. The van der Waals surface area contributed by atoms with Crippen molar-refractivity contribution in [2.24, 2.45) is 0 Å². The SMILES string of the molecule is CC.CC1(C)c2ccccc2-n2c3ccc(-c4c5ccccc5c(C5=CCCC=C5)c5ccccc45)cc3c3cccc1c32. The zero-order chi connectivity index (χ0) is 30.0. The summed E-state index contributed by atoms with van der Waals surface area (Å²) in [6.07, 6.45) is 9.26. The third-order valence-corrected chi connectivity index (χ3v) is 9.78. The van der Waals surface area contributed by atoms with Gasteiger partial charge < -0.3 is 4.57 Å². The Morgan fingerprint density at radius 3 is 1.86 bits per heavy atom. The van der Waals surface area contributed by atoms with E-state index in [0.717, 1.165) is 12.8 Å². The van der Waals surface area contributed by atoms with Crippen molar-refractivity contribution in [3.63, 3.8) is 0 Å². The van der Waals surface area contributed by atoms with Gasteiger partial charge >= 0.3 is 0 Å². The largest absolute Gasteiger partial charge is 0.309 e. The highest BCUT2D eigenvalue weighted by molar-refractivity contribution is 6.21. The van der Waals surface area contributed by atoms with E-state index in [4.69, 9.17) is 0 Å². The third-order valence-electron chi connectivity index (χ3n) is 9.78. The summed E-state index contributed by atoms with van der Waals surface area (Å²) in [5.74, 6) is 0. The van der Waals surface area contributed by atoms with Crippen LogP contribution in [-0.4, -0.2) is 4.57 Å². The average Bonchev–Trinajstić information content (AvgIpc) is 3.42. The van der Waals surface area contributed by atoms with Crippen molar-refractivity contribution in [2.75, 3.05) is 0 Å². The van der Waals surface area contributed by atoms with Gasteiger partial charge in [-0.3, -0.25) is 0 Å². The van der Waals surface area contributed by atoms with Gasteiger partial charge in [0.2, 0.25) is 0 Å². The molecular formula is C43H37N. The van der Waals surface area contributed by atoms with Crippen LogP contribution in [0.4, 0.5) is 0 Å². The summed E-state index contributed by atoms with van der Waals surface area (Å²) in [7, 11) is 0. The number of fused-ring (bicyclic) bond motifs is 7. The first-order chi connectivity index (χ1) is 21.6. The number of benzene rings is 6. The lowest BCUT2D eigenvalue weighted by Crippen LogP contribution is -2.26. The first kappa shape index (κ1) is 26.7. The summed E-state index contributed by atoms with van der Waals surface area (Å²) >= 11 is 0. The molecule has 1 aliphatic heterocycles. The van der Waals surface area contributed by atoms with Crippen LogP contribution in [0, 0.1) is 0 Å². The molecule has 0 fully saturated rings. The summed E-state index contributed by atoms with van der Waals surface area (Å²) in [6, 6.07) is 41.0. The van der Waals surface area contributed by atoms with Gasteiger partial charge in [-0.05, 0) is 86.0 Å². The van der Waals surface area contributed by atoms with Crippen molar-refractivity contribution in [3.05, 3.63) is 144 Å². The molecular weight excluding hydrogens is 530 g/mol. The minimum absolute atomic E-state index is 0.0617. The summed E-state index contributed by atoms with van der Waals surface area (Å²) in [6.45, 7) is 8.73. The molecule has 2 aliphatic rings. The minimum atomic E-state index is -0.0617. The van der Waals surface area contributed by atoms with Gasteiger partial charge in [-0.25, -0.2) is 0 Å². The Hall–Kier alpha value is -4.88. The van der Waals surface area contributed by atoms with E-state index in [1.165, 1.54) is 82.4 Å². The van der Waals surface area contributed by atoms with Crippen LogP contribution < -0.4 is 0 Å². The molecule has 0 saturated heterocycles. The van der Waals surface area contributed by atoms with E-state index in [0.29, 0.717) is 0 Å². The van der Waals surface area contributed by atoms with E-state index in [1.54, 1.807) is 0 Å². The van der Waals surface area contributed by atoms with Gasteiger partial charge in [-0.1, -0.05) is 137 Å². The zero-order valence-corrected chi connectivity index (χ0v) is 26.0. The molecule has 0 bridgehead atoms. The van der Waals surface area contributed by atoms with Crippen LogP contribution in [0.3, 0.4) is 0 Å². The fraction of sp³-hybridized carbons (Fsp3) is 0.163. The lowest BCUT2D eigenvalue weighted by atomic mass is 9.75. The predicted octanol–water partition coefficient (Wildman–Crippen LogP) is 12.2. The molecule has 6 aromatic carbocycles. The first-order valence-electron chi connectivity index (χ1n) is 16.1. The number of hydrogen-bond donors (Lipinski definition) is 0. The van der Waals surface area contributed by atoms with Gasteiger partial charge in [0.25, 0.3) is 0 Å². The second kappa shape index (κ2) is 10.1. The maximum atomic E-state index is 2.51. The number of allylic oxidation sites excluding steroid dienone is 4. The number of rotatable bonds is 2. The monoisotopic (exact) mass is 567 g/mol. The Morgan fingerprint density at radius 2 is 1.18 bits per heavy atom. The minimum Gasteiger partial charge on any atom is -0.309 e. The fourth-order valence-electron chi connectivity index (χ4n) is 7.87. The van der Waals surface area contributed by atoms with E-state index in [2.05, 4.69) is 146 Å². The number of hydrogen-bond acceptors (Lipinski definition) is 0. The highest BCUT2D eigenvalue weighted by atomic mass is 15.0. The highest BCUT2D eigenvalue weighted by Gasteiger charge is 2.34. The molecule has 0 radical (unpaired) electrons. The van der Waals surface area contributed by atoms with Crippen molar-refractivity contribution >= 4 is 48.9 Å². The Morgan fingerprint density at radius 1 is 0.568 bits per heavy atom. The summed E-state index contributed by atoms with van der Waals surface area (Å²) in [4.78, 5) is 0. The summed E-state index contributed by atoms with van der Waals surface area (Å²) in [5.41, 5.74) is 11.9. The molecule has 7 aromatic rings. The Labute approximate surface area is 259 Å². The van der Waals surface area contributed by atoms with E-state index in [1.807, 2.05) is 13.8 Å². The maximum Gasteiger partial charge on any atom is 0.0582 e. The van der Waals surface area contributed by atoms with Crippen LogP contribution in [0.25, 0.3) is 65.7 Å². The van der Waals surface area contributed by atoms with Crippen molar-refractivity contribution in [3.8, 4) is 16.8 Å². The number of aromatic nitrogens is 1. The smallest absolute Gasteiger partial charge is 0.0582 e. The second-order valence-corrected chi connectivity index (χ2v) is 12.4. The van der Waals surface area contributed by atoms with Crippen LogP contribution in [0.2, 0.25) is 0 Å².